The van der Waals surface area contributed by atoms with Gasteiger partial charge in [0, 0.05) is 41.4 Å². The van der Waals surface area contributed by atoms with Crippen molar-refractivity contribution in [2.75, 3.05) is 7.05 Å². The summed E-state index contributed by atoms with van der Waals surface area (Å²) < 4.78 is 0. The first-order valence-corrected chi connectivity index (χ1v) is 8.71. The number of aliphatic imine (C=N–C) groups is 1. The minimum atomic E-state index is -0.417. The maximum absolute atomic E-state index is 11.2. The van der Waals surface area contributed by atoms with Crippen LogP contribution in [-0.4, -0.2) is 25.0 Å². The summed E-state index contributed by atoms with van der Waals surface area (Å²) in [6.07, 6.45) is 0.955. The van der Waals surface area contributed by atoms with E-state index in [0.29, 0.717) is 12.1 Å². The molecule has 0 aliphatic rings. The van der Waals surface area contributed by atoms with E-state index in [-0.39, 0.29) is 30.0 Å². The Hall–Kier alpha value is -1.61. The fraction of sp³-hybridized carbons (Fsp3) is 0.333. The third-order valence-electron chi connectivity index (χ3n) is 3.58. The Morgan fingerprint density at radius 3 is 2.68 bits per heavy atom. The van der Waals surface area contributed by atoms with Gasteiger partial charge in [0.1, 0.15) is 0 Å². The van der Waals surface area contributed by atoms with Gasteiger partial charge in [0.25, 0.3) is 0 Å². The predicted molar refractivity (Wildman–Crippen MR) is 116 cm³/mol. The molecule has 1 aromatic carbocycles. The number of hydrogen-bond acceptors (Lipinski definition) is 3. The highest BCUT2D eigenvalue weighted by molar-refractivity contribution is 14.0. The highest BCUT2D eigenvalue weighted by atomic mass is 127. The summed E-state index contributed by atoms with van der Waals surface area (Å²) in [5, 5.41) is 6.65. The average molecular weight is 472 g/mol. The number of thiophene rings is 1. The van der Waals surface area contributed by atoms with Crippen molar-refractivity contribution in [1.82, 2.24) is 10.6 Å². The molecule has 5 nitrogen and oxygen atoms in total. The van der Waals surface area contributed by atoms with Crippen molar-refractivity contribution in [3.8, 4) is 0 Å². The van der Waals surface area contributed by atoms with Crippen LogP contribution in [0.2, 0.25) is 0 Å². The summed E-state index contributed by atoms with van der Waals surface area (Å²) in [6, 6.07) is 11.9. The second-order valence-corrected chi connectivity index (χ2v) is 7.12. The normalized spacial score (nSPS) is 12.2. The highest BCUT2D eigenvalue weighted by Crippen LogP contribution is 2.16. The van der Waals surface area contributed by atoms with Gasteiger partial charge < -0.3 is 16.4 Å². The van der Waals surface area contributed by atoms with E-state index in [1.165, 1.54) is 9.75 Å². The van der Waals surface area contributed by atoms with Crippen molar-refractivity contribution >= 4 is 47.2 Å². The van der Waals surface area contributed by atoms with Crippen LogP contribution in [0.15, 0.2) is 41.4 Å². The van der Waals surface area contributed by atoms with Crippen molar-refractivity contribution in [2.45, 2.75) is 32.9 Å². The molecule has 0 saturated heterocycles. The van der Waals surface area contributed by atoms with E-state index in [0.717, 1.165) is 17.9 Å². The molecule has 1 atom stereocenters. The number of rotatable bonds is 6. The van der Waals surface area contributed by atoms with Crippen LogP contribution in [0, 0.1) is 6.92 Å². The number of carbonyl (C=O) groups is 1. The molecule has 0 spiro atoms. The monoisotopic (exact) mass is 472 g/mol. The van der Waals surface area contributed by atoms with Crippen LogP contribution >= 0.6 is 35.3 Å². The zero-order valence-electron chi connectivity index (χ0n) is 14.7. The lowest BCUT2D eigenvalue weighted by Gasteiger charge is -2.17. The van der Waals surface area contributed by atoms with Crippen molar-refractivity contribution in [3.63, 3.8) is 0 Å². The van der Waals surface area contributed by atoms with Gasteiger partial charge in [0.2, 0.25) is 5.91 Å². The van der Waals surface area contributed by atoms with Crippen molar-refractivity contribution in [2.24, 2.45) is 10.7 Å². The number of carbonyl (C=O) groups excluding carboxylic acids is 1. The third kappa shape index (κ3) is 7.03. The second kappa shape index (κ2) is 10.4. The molecule has 136 valence electrons. The highest BCUT2D eigenvalue weighted by Gasteiger charge is 2.08. The maximum atomic E-state index is 11.2. The fourth-order valence-corrected chi connectivity index (χ4v) is 3.42. The summed E-state index contributed by atoms with van der Waals surface area (Å²) in [6.45, 7) is 4.83. The van der Waals surface area contributed by atoms with Gasteiger partial charge in [0.05, 0.1) is 0 Å². The molecular formula is C18H25IN4OS. The first-order chi connectivity index (χ1) is 11.5. The predicted octanol–water partition coefficient (Wildman–Crippen LogP) is 3.07. The van der Waals surface area contributed by atoms with Crippen molar-refractivity contribution in [3.05, 3.63) is 57.3 Å². The van der Waals surface area contributed by atoms with E-state index in [9.17, 15) is 4.79 Å². The van der Waals surface area contributed by atoms with Gasteiger partial charge in [-0.3, -0.25) is 9.79 Å². The zero-order chi connectivity index (χ0) is 17.5. The van der Waals surface area contributed by atoms with E-state index in [2.05, 4.69) is 41.6 Å². The number of benzene rings is 1. The molecule has 2 aromatic rings. The molecule has 0 aliphatic heterocycles. The number of hydrogen-bond donors (Lipinski definition) is 3. The number of halogens is 1. The molecule has 0 bridgehead atoms. The molecule has 1 heterocycles. The van der Waals surface area contributed by atoms with E-state index in [1.54, 1.807) is 19.2 Å². The van der Waals surface area contributed by atoms with E-state index >= 15 is 0 Å². The molecule has 7 heteroatoms. The molecule has 1 unspecified atom stereocenters. The molecule has 1 amide bonds. The van der Waals surface area contributed by atoms with Crippen molar-refractivity contribution in [1.29, 1.82) is 0 Å². The Bertz CT molecular complexity index is 729. The SMILES string of the molecule is CN=C(NCc1cccc(C(N)=O)c1)NC(C)Cc1ccc(C)s1.I. The molecule has 0 aliphatic carbocycles. The Morgan fingerprint density at radius 1 is 1.32 bits per heavy atom. The second-order valence-electron chi connectivity index (χ2n) is 5.75. The summed E-state index contributed by atoms with van der Waals surface area (Å²) in [5.74, 6) is 0.319. The number of aryl methyl sites for hydroxylation is 1. The molecule has 0 saturated carbocycles. The molecule has 25 heavy (non-hydrogen) atoms. The Balaban J connectivity index is 0.00000312. The van der Waals surface area contributed by atoms with E-state index in [4.69, 9.17) is 5.73 Å². The van der Waals surface area contributed by atoms with Gasteiger partial charge in [-0.25, -0.2) is 0 Å². The van der Waals surface area contributed by atoms with Crippen LogP contribution in [0.5, 0.6) is 0 Å². The lowest BCUT2D eigenvalue weighted by molar-refractivity contribution is 0.1000. The molecule has 0 radical (unpaired) electrons. The van der Waals surface area contributed by atoms with Gasteiger partial charge in [-0.15, -0.1) is 35.3 Å². The lowest BCUT2D eigenvalue weighted by Crippen LogP contribution is -2.42. The number of nitrogens with two attached hydrogens (primary N) is 1. The summed E-state index contributed by atoms with van der Waals surface area (Å²) in [7, 11) is 1.75. The standard InChI is InChI=1S/C18H24N4OS.HI/c1-12(9-16-8-7-13(2)24-16)22-18(20-3)21-11-14-5-4-6-15(10-14)17(19)23;/h4-8,10,12H,9,11H2,1-3H3,(H2,19,23)(H2,20,21,22);1H. The summed E-state index contributed by atoms with van der Waals surface area (Å²) >= 11 is 1.82. The van der Waals surface area contributed by atoms with E-state index in [1.807, 2.05) is 23.5 Å². The van der Waals surface area contributed by atoms with Gasteiger partial charge in [0.15, 0.2) is 5.96 Å². The van der Waals surface area contributed by atoms with Gasteiger partial charge in [-0.1, -0.05) is 12.1 Å². The van der Waals surface area contributed by atoms with E-state index < -0.39 is 5.91 Å². The largest absolute Gasteiger partial charge is 0.366 e. The third-order valence-corrected chi connectivity index (χ3v) is 4.60. The van der Waals surface area contributed by atoms with Gasteiger partial charge in [-0.2, -0.15) is 0 Å². The first kappa shape index (κ1) is 21.4. The van der Waals surface area contributed by atoms with Gasteiger partial charge in [-0.05, 0) is 43.7 Å². The van der Waals surface area contributed by atoms with Crippen LogP contribution in [0.4, 0.5) is 0 Å². The van der Waals surface area contributed by atoms with Crippen LogP contribution in [0.25, 0.3) is 0 Å². The van der Waals surface area contributed by atoms with Crippen molar-refractivity contribution < 1.29 is 4.79 Å². The molecule has 2 rings (SSSR count). The number of nitrogens with one attached hydrogen (secondary N) is 2. The van der Waals surface area contributed by atoms with Crippen LogP contribution in [0.3, 0.4) is 0 Å². The maximum Gasteiger partial charge on any atom is 0.248 e. The quantitative estimate of drug-likeness (QED) is 0.344. The first-order valence-electron chi connectivity index (χ1n) is 7.89. The number of nitrogens with zero attached hydrogens (tertiary/aromatic N) is 1. The number of amides is 1. The Kier molecular flexibility index (Phi) is 8.91. The fourth-order valence-electron chi connectivity index (χ4n) is 2.40. The number of guanidine groups is 1. The van der Waals surface area contributed by atoms with Crippen LogP contribution in [0.1, 0.15) is 32.6 Å². The molecular weight excluding hydrogens is 447 g/mol. The minimum absolute atomic E-state index is 0. The Labute approximate surface area is 170 Å². The van der Waals surface area contributed by atoms with Crippen LogP contribution in [-0.2, 0) is 13.0 Å². The minimum Gasteiger partial charge on any atom is -0.366 e. The molecule has 1 aromatic heterocycles. The average Bonchev–Trinajstić information content (AvgIpc) is 2.96. The topological polar surface area (TPSA) is 79.5 Å². The Morgan fingerprint density at radius 2 is 2.08 bits per heavy atom. The number of primary amides is 1. The zero-order valence-corrected chi connectivity index (χ0v) is 17.9. The summed E-state index contributed by atoms with van der Waals surface area (Å²) in [5.41, 5.74) is 6.81. The van der Waals surface area contributed by atoms with Gasteiger partial charge >= 0.3 is 0 Å². The smallest absolute Gasteiger partial charge is 0.248 e. The summed E-state index contributed by atoms with van der Waals surface area (Å²) in [4.78, 5) is 18.2. The molecule has 0 fully saturated rings. The van der Waals surface area contributed by atoms with Crippen LogP contribution < -0.4 is 16.4 Å². The molecule has 4 N–H and O–H groups in total. The lowest BCUT2D eigenvalue weighted by atomic mass is 10.1.